The molecule has 7 heteroatoms. The lowest BCUT2D eigenvalue weighted by molar-refractivity contribution is 0.0519. The van der Waals surface area contributed by atoms with Crippen LogP contribution in [0, 0.1) is 0 Å². The van der Waals surface area contributed by atoms with Crippen LogP contribution in [0.3, 0.4) is 0 Å². The third-order valence-corrected chi connectivity index (χ3v) is 5.41. The van der Waals surface area contributed by atoms with Gasteiger partial charge in [0.05, 0.1) is 37.4 Å². The maximum absolute atomic E-state index is 11.9. The Morgan fingerprint density at radius 2 is 1.84 bits per heavy atom. The number of carbonyl (C=O) groups is 1. The van der Waals surface area contributed by atoms with E-state index >= 15 is 0 Å². The second-order valence-corrected chi connectivity index (χ2v) is 7.63. The maximum Gasteiger partial charge on any atom is 0.358 e. The molecule has 0 aliphatic heterocycles. The van der Waals surface area contributed by atoms with Gasteiger partial charge in [0.25, 0.3) is 0 Å². The van der Waals surface area contributed by atoms with Crippen LogP contribution in [-0.4, -0.2) is 44.5 Å². The van der Waals surface area contributed by atoms with Crippen LogP contribution in [0.15, 0.2) is 73.4 Å². The summed E-state index contributed by atoms with van der Waals surface area (Å²) in [7, 11) is 0. The average molecular weight is 434 g/mol. The van der Waals surface area contributed by atoms with Crippen LogP contribution in [0.4, 0.5) is 0 Å². The number of fused-ring (bicyclic) bond motifs is 1. The molecule has 32 heavy (non-hydrogen) atoms. The second kappa shape index (κ2) is 9.70. The van der Waals surface area contributed by atoms with E-state index in [0.29, 0.717) is 13.0 Å². The Kier molecular flexibility index (Phi) is 6.56. The first kappa shape index (κ1) is 21.6. The van der Waals surface area contributed by atoms with Gasteiger partial charge in [-0.15, -0.1) is 0 Å². The molecule has 2 heterocycles. The Balaban J connectivity index is 1.52. The number of aliphatic hydroxyl groups is 1. The van der Waals surface area contributed by atoms with Crippen molar-refractivity contribution in [1.82, 2.24) is 14.1 Å². The molecule has 2 atom stereocenters. The van der Waals surface area contributed by atoms with Crippen LogP contribution < -0.4 is 4.74 Å². The number of aliphatic hydroxyl groups excluding tert-OH is 1. The van der Waals surface area contributed by atoms with Gasteiger partial charge in [-0.2, -0.15) is 0 Å². The summed E-state index contributed by atoms with van der Waals surface area (Å²) in [5.74, 6) is 0.293. The molecule has 0 fully saturated rings. The van der Waals surface area contributed by atoms with Gasteiger partial charge in [0.1, 0.15) is 5.75 Å². The lowest BCUT2D eigenvalue weighted by Crippen LogP contribution is -2.23. The molecular weight excluding hydrogens is 406 g/mol. The number of ether oxygens (including phenoxy) is 2. The summed E-state index contributed by atoms with van der Waals surface area (Å²) >= 11 is 0. The van der Waals surface area contributed by atoms with Gasteiger partial charge in [0.2, 0.25) is 0 Å². The lowest BCUT2D eigenvalue weighted by atomic mass is 10.1. The maximum atomic E-state index is 11.9. The summed E-state index contributed by atoms with van der Waals surface area (Å²) in [4.78, 5) is 16.0. The molecule has 0 saturated carbocycles. The third kappa shape index (κ3) is 4.68. The van der Waals surface area contributed by atoms with Gasteiger partial charge in [0.15, 0.2) is 5.69 Å². The second-order valence-electron chi connectivity index (χ2n) is 7.63. The number of rotatable bonds is 9. The Morgan fingerprint density at radius 1 is 1.12 bits per heavy atom. The molecule has 0 amide bonds. The molecule has 0 aliphatic carbocycles. The van der Waals surface area contributed by atoms with Crippen LogP contribution >= 0.6 is 0 Å². The minimum absolute atomic E-state index is 0.225. The zero-order chi connectivity index (χ0) is 22.5. The molecule has 0 spiro atoms. The van der Waals surface area contributed by atoms with Crippen LogP contribution in [0.1, 0.15) is 36.8 Å². The van der Waals surface area contributed by atoms with Crippen molar-refractivity contribution in [1.29, 1.82) is 0 Å². The Labute approximate surface area is 186 Å². The van der Waals surface area contributed by atoms with E-state index < -0.39 is 12.1 Å². The Hall–Kier alpha value is -3.58. The highest BCUT2D eigenvalue weighted by Gasteiger charge is 2.20. The predicted octanol–water partition coefficient (Wildman–Crippen LogP) is 4.39. The summed E-state index contributed by atoms with van der Waals surface area (Å²) in [5, 5.41) is 12.6. The van der Waals surface area contributed by atoms with Crippen molar-refractivity contribution in [2.75, 3.05) is 13.2 Å². The molecule has 0 unspecified atom stereocenters. The van der Waals surface area contributed by atoms with Crippen LogP contribution in [0.2, 0.25) is 0 Å². The van der Waals surface area contributed by atoms with Gasteiger partial charge in [-0.3, -0.25) is 0 Å². The Bertz CT molecular complexity index is 1180. The highest BCUT2D eigenvalue weighted by molar-refractivity contribution is 5.87. The monoisotopic (exact) mass is 433 g/mol. The first-order chi connectivity index (χ1) is 15.6. The molecule has 2 aromatic heterocycles. The van der Waals surface area contributed by atoms with Gasteiger partial charge >= 0.3 is 5.97 Å². The quantitative estimate of drug-likeness (QED) is 0.396. The van der Waals surface area contributed by atoms with Crippen molar-refractivity contribution in [3.8, 4) is 11.4 Å². The third-order valence-electron chi connectivity index (χ3n) is 5.41. The van der Waals surface area contributed by atoms with E-state index in [1.807, 2.05) is 47.3 Å². The molecule has 0 radical (unpaired) electrons. The molecule has 1 N–H and O–H groups in total. The summed E-state index contributed by atoms with van der Waals surface area (Å²) in [5.41, 5.74) is 1.18. The molecule has 4 rings (SSSR count). The Morgan fingerprint density at radius 3 is 2.53 bits per heavy atom. The van der Waals surface area contributed by atoms with E-state index in [0.717, 1.165) is 22.2 Å². The average Bonchev–Trinajstić information content (AvgIpc) is 3.48. The summed E-state index contributed by atoms with van der Waals surface area (Å²) < 4.78 is 15.0. The van der Waals surface area contributed by atoms with Gasteiger partial charge in [-0.05, 0) is 48.9 Å². The number of aromatic nitrogens is 3. The van der Waals surface area contributed by atoms with Gasteiger partial charge in [0, 0.05) is 25.0 Å². The largest absolute Gasteiger partial charge is 0.491 e. The highest BCUT2D eigenvalue weighted by atomic mass is 16.5. The van der Waals surface area contributed by atoms with Crippen LogP contribution in [0.5, 0.6) is 5.75 Å². The fraction of sp³-hybridized carbons (Fsp3) is 0.280. The normalized spacial score (nSPS) is 13.1. The lowest BCUT2D eigenvalue weighted by Gasteiger charge is -2.22. The summed E-state index contributed by atoms with van der Waals surface area (Å²) in [6.45, 7) is 4.14. The van der Waals surface area contributed by atoms with E-state index in [-0.39, 0.29) is 18.3 Å². The van der Waals surface area contributed by atoms with E-state index in [4.69, 9.17) is 9.47 Å². The van der Waals surface area contributed by atoms with Crippen LogP contribution in [-0.2, 0) is 4.74 Å². The summed E-state index contributed by atoms with van der Waals surface area (Å²) in [6, 6.07) is 16.0. The first-order valence-corrected chi connectivity index (χ1v) is 10.7. The summed E-state index contributed by atoms with van der Waals surface area (Å²) in [6.07, 6.45) is 7.01. The smallest absolute Gasteiger partial charge is 0.358 e. The van der Waals surface area contributed by atoms with Crippen molar-refractivity contribution in [3.05, 3.63) is 79.1 Å². The topological polar surface area (TPSA) is 78.5 Å². The van der Waals surface area contributed by atoms with E-state index in [9.17, 15) is 9.90 Å². The SMILES string of the molecule is CCOC(=O)c1cn([C@H](CCOc2cc3ccccc3cc2-n2cccc2)[C@H](C)O)cn1. The number of carbonyl (C=O) groups excluding carboxylic acids is 1. The number of hydrogen-bond acceptors (Lipinski definition) is 5. The van der Waals surface area contributed by atoms with Gasteiger partial charge < -0.3 is 23.7 Å². The van der Waals surface area contributed by atoms with Crippen molar-refractivity contribution in [2.45, 2.75) is 32.4 Å². The molecule has 0 saturated heterocycles. The van der Waals surface area contributed by atoms with E-state index in [1.165, 1.54) is 0 Å². The fourth-order valence-electron chi connectivity index (χ4n) is 3.78. The minimum Gasteiger partial charge on any atom is -0.491 e. The van der Waals surface area contributed by atoms with Crippen molar-refractivity contribution in [2.24, 2.45) is 0 Å². The zero-order valence-electron chi connectivity index (χ0n) is 18.2. The van der Waals surface area contributed by atoms with Crippen molar-refractivity contribution >= 4 is 16.7 Å². The number of benzene rings is 2. The van der Waals surface area contributed by atoms with Gasteiger partial charge in [-0.25, -0.2) is 9.78 Å². The molecular formula is C25H27N3O4. The van der Waals surface area contributed by atoms with E-state index in [2.05, 4.69) is 23.2 Å². The molecule has 4 aromatic rings. The van der Waals surface area contributed by atoms with Crippen molar-refractivity contribution in [3.63, 3.8) is 0 Å². The molecule has 0 bridgehead atoms. The molecule has 166 valence electrons. The highest BCUT2D eigenvalue weighted by Crippen LogP contribution is 2.30. The number of nitrogens with zero attached hydrogens (tertiary/aromatic N) is 3. The molecule has 0 aliphatic rings. The first-order valence-electron chi connectivity index (χ1n) is 10.7. The van der Waals surface area contributed by atoms with E-state index in [1.54, 1.807) is 30.9 Å². The predicted molar refractivity (Wildman–Crippen MR) is 122 cm³/mol. The minimum atomic E-state index is -0.650. The number of imidazole rings is 1. The standard InChI is InChI=1S/C25H27N3O4/c1-3-31-25(30)21-16-28(17-26-21)22(18(2)29)10-13-32-24-15-20-9-5-4-8-19(20)14-23(24)27-11-6-7-12-27/h4-9,11-12,14-18,22,29H,3,10,13H2,1-2H3/t18-,22+/m0/s1. The number of hydrogen-bond donors (Lipinski definition) is 1. The zero-order valence-corrected chi connectivity index (χ0v) is 18.2. The molecule has 2 aromatic carbocycles. The van der Waals surface area contributed by atoms with Gasteiger partial charge in [-0.1, -0.05) is 24.3 Å². The van der Waals surface area contributed by atoms with Crippen molar-refractivity contribution < 1.29 is 19.4 Å². The molecule has 7 nitrogen and oxygen atoms in total. The van der Waals surface area contributed by atoms with Crippen LogP contribution in [0.25, 0.3) is 16.5 Å². The fourth-order valence-corrected chi connectivity index (χ4v) is 3.78. The number of esters is 1.